The summed E-state index contributed by atoms with van der Waals surface area (Å²) in [5, 5.41) is 2.85. The Bertz CT molecular complexity index is 876. The summed E-state index contributed by atoms with van der Waals surface area (Å²) < 4.78 is 32.0. The molecule has 2 aromatic carbocycles. The van der Waals surface area contributed by atoms with Gasteiger partial charge in [0.25, 0.3) is 5.91 Å². The Morgan fingerprint density at radius 1 is 1.04 bits per heavy atom. The fourth-order valence-corrected chi connectivity index (χ4v) is 4.18. The number of nitrogens with zero attached hydrogens (tertiary/aromatic N) is 1. The van der Waals surface area contributed by atoms with Crippen LogP contribution in [0.3, 0.4) is 0 Å². The van der Waals surface area contributed by atoms with Gasteiger partial charge < -0.3 is 10.1 Å². The first-order valence-corrected chi connectivity index (χ1v) is 11.0. The van der Waals surface area contributed by atoms with Gasteiger partial charge in [0.1, 0.15) is 5.75 Å². The Hall–Kier alpha value is -2.38. The second-order valence-corrected chi connectivity index (χ2v) is 8.23. The zero-order valence-electron chi connectivity index (χ0n) is 16.6. The molecular weight excluding hydrogens is 376 g/mol. The van der Waals surface area contributed by atoms with Crippen molar-refractivity contribution in [3.05, 3.63) is 59.7 Å². The molecule has 6 nitrogen and oxygen atoms in total. The first-order valence-electron chi connectivity index (χ1n) is 9.52. The van der Waals surface area contributed by atoms with Crippen molar-refractivity contribution in [2.45, 2.75) is 38.6 Å². The molecule has 0 aromatic heterocycles. The molecule has 1 N–H and O–H groups in total. The Labute approximate surface area is 167 Å². The third-order valence-corrected chi connectivity index (χ3v) is 6.35. The summed E-state index contributed by atoms with van der Waals surface area (Å²) in [7, 11) is -3.47. The maximum absolute atomic E-state index is 12.5. The van der Waals surface area contributed by atoms with E-state index in [0.717, 1.165) is 12.0 Å². The predicted octanol–water partition coefficient (Wildman–Crippen LogP) is 3.44. The molecule has 0 aliphatic carbocycles. The summed E-state index contributed by atoms with van der Waals surface area (Å²) in [6, 6.07) is 13.6. The van der Waals surface area contributed by atoms with Crippen LogP contribution in [0.2, 0.25) is 0 Å². The number of ether oxygens (including phenoxy) is 1. The van der Waals surface area contributed by atoms with Crippen LogP contribution in [0.25, 0.3) is 0 Å². The van der Waals surface area contributed by atoms with Gasteiger partial charge in [-0.15, -0.1) is 0 Å². The van der Waals surface area contributed by atoms with E-state index in [1.165, 1.54) is 4.31 Å². The second kappa shape index (κ2) is 10.2. The van der Waals surface area contributed by atoms with E-state index >= 15 is 0 Å². The zero-order chi connectivity index (χ0) is 20.6. The van der Waals surface area contributed by atoms with E-state index in [2.05, 4.69) is 5.32 Å². The Kier molecular flexibility index (Phi) is 8.02. The van der Waals surface area contributed by atoms with Crippen LogP contribution in [0.4, 0.5) is 0 Å². The van der Waals surface area contributed by atoms with Gasteiger partial charge in [-0.2, -0.15) is 4.31 Å². The molecular formula is C21H28N2O4S. The van der Waals surface area contributed by atoms with Crippen LogP contribution >= 0.6 is 0 Å². The summed E-state index contributed by atoms with van der Waals surface area (Å²) in [5.41, 5.74) is 1.35. The van der Waals surface area contributed by atoms with Crippen molar-refractivity contribution in [3.8, 4) is 5.75 Å². The smallest absolute Gasteiger partial charge is 0.251 e. The van der Waals surface area contributed by atoms with Crippen LogP contribution in [0.15, 0.2) is 53.4 Å². The van der Waals surface area contributed by atoms with Gasteiger partial charge in [-0.1, -0.05) is 39.0 Å². The highest BCUT2D eigenvalue weighted by atomic mass is 32.2. The number of nitrogens with one attached hydrogen (secondary N) is 1. The first-order chi connectivity index (χ1) is 13.4. The molecule has 2 rings (SSSR count). The number of amides is 1. The molecule has 0 unspecified atom stereocenters. The van der Waals surface area contributed by atoms with E-state index in [9.17, 15) is 13.2 Å². The van der Waals surface area contributed by atoms with Crippen molar-refractivity contribution < 1.29 is 17.9 Å². The molecule has 0 spiro atoms. The molecule has 1 amide bonds. The highest BCUT2D eigenvalue weighted by Gasteiger charge is 2.21. The summed E-state index contributed by atoms with van der Waals surface area (Å²) in [5.74, 6) is 0.460. The largest absolute Gasteiger partial charge is 0.494 e. The van der Waals surface area contributed by atoms with Gasteiger partial charge >= 0.3 is 0 Å². The van der Waals surface area contributed by atoms with Crippen LogP contribution in [0.1, 0.15) is 43.1 Å². The standard InChI is InChI=1S/C21H28N2O4S/c1-4-14-27-19-9-7-8-18(15-19)21(24)22-16-17-10-12-20(13-11-17)28(25,26)23(5-2)6-3/h7-13,15H,4-6,14,16H2,1-3H3,(H,22,24). The molecule has 0 saturated carbocycles. The second-order valence-electron chi connectivity index (χ2n) is 6.29. The lowest BCUT2D eigenvalue weighted by Gasteiger charge is -2.18. The summed E-state index contributed by atoms with van der Waals surface area (Å²) in [6.07, 6.45) is 0.899. The number of hydrogen-bond donors (Lipinski definition) is 1. The number of hydrogen-bond acceptors (Lipinski definition) is 4. The summed E-state index contributed by atoms with van der Waals surface area (Å²) >= 11 is 0. The van der Waals surface area contributed by atoms with E-state index < -0.39 is 10.0 Å². The van der Waals surface area contributed by atoms with E-state index in [0.29, 0.717) is 37.6 Å². The quantitative estimate of drug-likeness (QED) is 0.658. The molecule has 7 heteroatoms. The molecule has 0 heterocycles. The number of carbonyl (C=O) groups excluding carboxylic acids is 1. The minimum atomic E-state index is -3.47. The average molecular weight is 405 g/mol. The van der Waals surface area contributed by atoms with Crippen molar-refractivity contribution in [1.29, 1.82) is 0 Å². The van der Waals surface area contributed by atoms with Gasteiger partial charge in [-0.3, -0.25) is 4.79 Å². The monoisotopic (exact) mass is 404 g/mol. The molecule has 0 radical (unpaired) electrons. The van der Waals surface area contributed by atoms with Crippen LogP contribution in [-0.2, 0) is 16.6 Å². The minimum Gasteiger partial charge on any atom is -0.494 e. The minimum absolute atomic E-state index is 0.207. The third kappa shape index (κ3) is 5.56. The summed E-state index contributed by atoms with van der Waals surface area (Å²) in [4.78, 5) is 12.6. The lowest BCUT2D eigenvalue weighted by molar-refractivity contribution is 0.0950. The van der Waals surface area contributed by atoms with E-state index in [1.54, 1.807) is 42.5 Å². The maximum atomic E-state index is 12.5. The van der Waals surface area contributed by atoms with Crippen molar-refractivity contribution in [2.75, 3.05) is 19.7 Å². The molecule has 0 fully saturated rings. The van der Waals surface area contributed by atoms with Crippen LogP contribution in [-0.4, -0.2) is 38.3 Å². The number of benzene rings is 2. The maximum Gasteiger partial charge on any atom is 0.251 e. The molecule has 152 valence electrons. The molecule has 0 bridgehead atoms. The fraction of sp³-hybridized carbons (Fsp3) is 0.381. The van der Waals surface area contributed by atoms with Gasteiger partial charge in [0, 0.05) is 25.2 Å². The van der Waals surface area contributed by atoms with Gasteiger partial charge in [-0.05, 0) is 42.3 Å². The van der Waals surface area contributed by atoms with E-state index in [1.807, 2.05) is 26.8 Å². The van der Waals surface area contributed by atoms with Crippen LogP contribution < -0.4 is 10.1 Å². The van der Waals surface area contributed by atoms with Crippen molar-refractivity contribution in [2.24, 2.45) is 0 Å². The lowest BCUT2D eigenvalue weighted by atomic mass is 10.2. The van der Waals surface area contributed by atoms with E-state index in [4.69, 9.17) is 4.74 Å². The molecule has 0 atom stereocenters. The number of sulfonamides is 1. The van der Waals surface area contributed by atoms with Crippen LogP contribution in [0.5, 0.6) is 5.75 Å². The lowest BCUT2D eigenvalue weighted by Crippen LogP contribution is -2.30. The van der Waals surface area contributed by atoms with Crippen molar-refractivity contribution >= 4 is 15.9 Å². The highest BCUT2D eigenvalue weighted by Crippen LogP contribution is 2.17. The predicted molar refractivity (Wildman–Crippen MR) is 110 cm³/mol. The normalized spacial score (nSPS) is 11.4. The summed E-state index contributed by atoms with van der Waals surface area (Å²) in [6.45, 7) is 7.42. The Morgan fingerprint density at radius 3 is 2.32 bits per heavy atom. The molecule has 2 aromatic rings. The Morgan fingerprint density at radius 2 is 1.71 bits per heavy atom. The van der Waals surface area contributed by atoms with Crippen molar-refractivity contribution in [1.82, 2.24) is 9.62 Å². The molecule has 0 aliphatic heterocycles. The third-order valence-electron chi connectivity index (χ3n) is 4.29. The first kappa shape index (κ1) is 21.9. The highest BCUT2D eigenvalue weighted by molar-refractivity contribution is 7.89. The van der Waals surface area contributed by atoms with Gasteiger partial charge in [-0.25, -0.2) is 8.42 Å². The topological polar surface area (TPSA) is 75.7 Å². The molecule has 0 aliphatic rings. The van der Waals surface area contributed by atoms with Gasteiger partial charge in [0.15, 0.2) is 0 Å². The van der Waals surface area contributed by atoms with Gasteiger partial charge in [0.2, 0.25) is 10.0 Å². The molecule has 28 heavy (non-hydrogen) atoms. The van der Waals surface area contributed by atoms with Gasteiger partial charge in [0.05, 0.1) is 11.5 Å². The van der Waals surface area contributed by atoms with E-state index in [-0.39, 0.29) is 10.8 Å². The number of rotatable bonds is 10. The zero-order valence-corrected chi connectivity index (χ0v) is 17.5. The SMILES string of the molecule is CCCOc1cccc(C(=O)NCc2ccc(S(=O)(=O)N(CC)CC)cc2)c1. The average Bonchev–Trinajstić information content (AvgIpc) is 2.71. The number of carbonyl (C=O) groups is 1. The Balaban J connectivity index is 2.01. The van der Waals surface area contributed by atoms with Crippen molar-refractivity contribution in [3.63, 3.8) is 0 Å². The fourth-order valence-electron chi connectivity index (χ4n) is 2.72. The van der Waals surface area contributed by atoms with Crippen LogP contribution in [0, 0.1) is 0 Å². The molecule has 0 saturated heterocycles.